The van der Waals surface area contributed by atoms with Crippen LogP contribution in [0.15, 0.2) is 48.8 Å². The zero-order valence-corrected chi connectivity index (χ0v) is 15.3. The van der Waals surface area contributed by atoms with E-state index in [1.165, 1.54) is 12.8 Å². The molecule has 1 atom stereocenters. The van der Waals surface area contributed by atoms with Crippen molar-refractivity contribution >= 4 is 16.8 Å². The quantitative estimate of drug-likeness (QED) is 0.720. The Hall–Kier alpha value is -2.73. The van der Waals surface area contributed by atoms with E-state index in [9.17, 15) is 4.79 Å². The number of nitrogens with zero attached hydrogens (tertiary/aromatic N) is 5. The predicted octanol–water partition coefficient (Wildman–Crippen LogP) is 2.72. The van der Waals surface area contributed by atoms with Crippen molar-refractivity contribution in [2.45, 2.75) is 25.4 Å². The third-order valence-corrected chi connectivity index (χ3v) is 5.72. The highest BCUT2D eigenvalue weighted by Crippen LogP contribution is 2.26. The van der Waals surface area contributed by atoms with E-state index in [1.54, 1.807) is 6.20 Å². The molecule has 2 aliphatic heterocycles. The Morgan fingerprint density at radius 1 is 1.07 bits per heavy atom. The van der Waals surface area contributed by atoms with E-state index in [2.05, 4.69) is 19.7 Å². The largest absolute Gasteiger partial charge is 0.331 e. The molecule has 2 aliphatic rings. The summed E-state index contributed by atoms with van der Waals surface area (Å²) in [7, 11) is 0. The van der Waals surface area contributed by atoms with Gasteiger partial charge in [0, 0.05) is 30.9 Å². The maximum atomic E-state index is 13.4. The van der Waals surface area contributed by atoms with Gasteiger partial charge in [0.2, 0.25) is 0 Å². The molecule has 6 nitrogen and oxygen atoms in total. The van der Waals surface area contributed by atoms with Crippen molar-refractivity contribution < 1.29 is 4.79 Å². The number of carbonyl (C=O) groups is 1. The number of rotatable bonds is 3. The van der Waals surface area contributed by atoms with Crippen LogP contribution in [0.2, 0.25) is 0 Å². The molecule has 0 saturated carbocycles. The van der Waals surface area contributed by atoms with E-state index in [1.807, 2.05) is 47.5 Å². The third-order valence-electron chi connectivity index (χ3n) is 5.72. The van der Waals surface area contributed by atoms with Gasteiger partial charge in [0.05, 0.1) is 29.4 Å². The highest BCUT2D eigenvalue weighted by atomic mass is 16.2. The Morgan fingerprint density at radius 3 is 2.81 bits per heavy atom. The molecule has 0 aliphatic carbocycles. The Bertz CT molecular complexity index is 970. The average molecular weight is 361 g/mol. The molecule has 1 aromatic carbocycles. The molecule has 2 aromatic heterocycles. The molecule has 0 bridgehead atoms. The Morgan fingerprint density at radius 2 is 1.93 bits per heavy atom. The van der Waals surface area contributed by atoms with Gasteiger partial charge >= 0.3 is 0 Å². The number of pyridine rings is 1. The molecule has 138 valence electrons. The standard InChI is InChI=1S/C21H23N5O/c27-21(19-8-9-22-20-6-2-1-5-18(19)20)25-14-16-7-10-23-26(16)17(15-25)13-24-11-3-4-12-24/h1-2,5-10,17H,3-4,11-15H2/t17-/m1/s1. The summed E-state index contributed by atoms with van der Waals surface area (Å²) in [5, 5.41) is 5.46. The van der Waals surface area contributed by atoms with Gasteiger partial charge in [0.15, 0.2) is 0 Å². The second kappa shape index (κ2) is 6.78. The normalized spacial score (nSPS) is 20.1. The number of carbonyl (C=O) groups excluding carboxylic acids is 1. The summed E-state index contributed by atoms with van der Waals surface area (Å²) in [5.41, 5.74) is 2.70. The lowest BCUT2D eigenvalue weighted by Gasteiger charge is -2.36. The van der Waals surface area contributed by atoms with Crippen LogP contribution in [0.5, 0.6) is 0 Å². The van der Waals surface area contributed by atoms with Crippen molar-refractivity contribution in [3.05, 3.63) is 60.0 Å². The number of hydrogen-bond donors (Lipinski definition) is 0. The first-order chi connectivity index (χ1) is 13.3. The number of aromatic nitrogens is 3. The molecule has 1 amide bonds. The summed E-state index contributed by atoms with van der Waals surface area (Å²) >= 11 is 0. The lowest BCUT2D eigenvalue weighted by molar-refractivity contribution is 0.0648. The SMILES string of the molecule is O=C(c1ccnc2ccccc12)N1Cc2ccnn2[C@H](CN2CCCC2)C1. The summed E-state index contributed by atoms with van der Waals surface area (Å²) < 4.78 is 2.12. The van der Waals surface area contributed by atoms with Crippen molar-refractivity contribution in [1.29, 1.82) is 0 Å². The van der Waals surface area contributed by atoms with Gasteiger partial charge in [-0.05, 0) is 44.1 Å². The van der Waals surface area contributed by atoms with Crippen molar-refractivity contribution in [2.24, 2.45) is 0 Å². The van der Waals surface area contributed by atoms with Crippen LogP contribution in [0.1, 0.15) is 34.9 Å². The second-order valence-corrected chi connectivity index (χ2v) is 7.49. The monoisotopic (exact) mass is 361 g/mol. The minimum atomic E-state index is 0.0764. The second-order valence-electron chi connectivity index (χ2n) is 7.49. The molecule has 4 heterocycles. The number of fused-ring (bicyclic) bond motifs is 2. The molecule has 6 heteroatoms. The van der Waals surface area contributed by atoms with E-state index in [0.29, 0.717) is 13.1 Å². The van der Waals surface area contributed by atoms with Crippen LogP contribution in [0.4, 0.5) is 0 Å². The zero-order chi connectivity index (χ0) is 18.2. The Kier molecular flexibility index (Phi) is 4.13. The van der Waals surface area contributed by atoms with E-state index in [-0.39, 0.29) is 11.9 Å². The molecular formula is C21H23N5O. The van der Waals surface area contributed by atoms with Crippen LogP contribution in [0, 0.1) is 0 Å². The Labute approximate surface area is 158 Å². The predicted molar refractivity (Wildman–Crippen MR) is 103 cm³/mol. The first-order valence-corrected chi connectivity index (χ1v) is 9.67. The van der Waals surface area contributed by atoms with Crippen molar-refractivity contribution in [2.75, 3.05) is 26.2 Å². The molecule has 1 saturated heterocycles. The molecule has 0 radical (unpaired) electrons. The molecule has 0 unspecified atom stereocenters. The summed E-state index contributed by atoms with van der Waals surface area (Å²) in [4.78, 5) is 22.2. The molecule has 5 rings (SSSR count). The first kappa shape index (κ1) is 16.4. The van der Waals surface area contributed by atoms with Gasteiger partial charge in [0.25, 0.3) is 5.91 Å². The van der Waals surface area contributed by atoms with Gasteiger partial charge in [-0.2, -0.15) is 5.10 Å². The topological polar surface area (TPSA) is 54.3 Å². The van der Waals surface area contributed by atoms with E-state index >= 15 is 0 Å². The van der Waals surface area contributed by atoms with Crippen molar-refractivity contribution in [3.63, 3.8) is 0 Å². The number of hydrogen-bond acceptors (Lipinski definition) is 4. The molecular weight excluding hydrogens is 338 g/mol. The van der Waals surface area contributed by atoms with Gasteiger partial charge < -0.3 is 9.80 Å². The zero-order valence-electron chi connectivity index (χ0n) is 15.3. The van der Waals surface area contributed by atoms with Crippen molar-refractivity contribution in [1.82, 2.24) is 24.6 Å². The van der Waals surface area contributed by atoms with Crippen LogP contribution < -0.4 is 0 Å². The van der Waals surface area contributed by atoms with Gasteiger partial charge in [-0.15, -0.1) is 0 Å². The van der Waals surface area contributed by atoms with Gasteiger partial charge in [-0.1, -0.05) is 18.2 Å². The maximum Gasteiger partial charge on any atom is 0.255 e. The van der Waals surface area contributed by atoms with E-state index < -0.39 is 0 Å². The minimum absolute atomic E-state index is 0.0764. The fraction of sp³-hybridized carbons (Fsp3) is 0.381. The van der Waals surface area contributed by atoms with Gasteiger partial charge in [0.1, 0.15) is 0 Å². The lowest BCUT2D eigenvalue weighted by Crippen LogP contribution is -2.45. The summed E-state index contributed by atoms with van der Waals surface area (Å²) in [6.45, 7) is 4.55. The molecule has 27 heavy (non-hydrogen) atoms. The fourth-order valence-electron chi connectivity index (χ4n) is 4.39. The first-order valence-electron chi connectivity index (χ1n) is 9.67. The Balaban J connectivity index is 1.45. The van der Waals surface area contributed by atoms with Crippen molar-refractivity contribution in [3.8, 4) is 0 Å². The smallest absolute Gasteiger partial charge is 0.255 e. The highest BCUT2D eigenvalue weighted by Gasteiger charge is 2.31. The van der Waals surface area contributed by atoms with E-state index in [0.717, 1.165) is 41.8 Å². The van der Waals surface area contributed by atoms with Crippen LogP contribution in [0.25, 0.3) is 10.9 Å². The minimum Gasteiger partial charge on any atom is -0.331 e. The van der Waals surface area contributed by atoms with E-state index in [4.69, 9.17) is 0 Å². The molecule has 1 fully saturated rings. The van der Waals surface area contributed by atoms with Crippen LogP contribution in [-0.2, 0) is 6.54 Å². The van der Waals surface area contributed by atoms with Gasteiger partial charge in [-0.25, -0.2) is 0 Å². The van der Waals surface area contributed by atoms with Crippen LogP contribution >= 0.6 is 0 Å². The van der Waals surface area contributed by atoms with Crippen LogP contribution in [-0.4, -0.2) is 56.7 Å². The molecule has 0 N–H and O–H groups in total. The van der Waals surface area contributed by atoms with Gasteiger partial charge in [-0.3, -0.25) is 14.5 Å². The number of likely N-dealkylation sites (tertiary alicyclic amines) is 1. The molecule has 0 spiro atoms. The number of benzene rings is 1. The number of amides is 1. The summed E-state index contributed by atoms with van der Waals surface area (Å²) in [6.07, 6.45) is 6.11. The maximum absolute atomic E-state index is 13.4. The molecule has 3 aromatic rings. The fourth-order valence-corrected chi connectivity index (χ4v) is 4.39. The summed E-state index contributed by atoms with van der Waals surface area (Å²) in [6, 6.07) is 11.9. The summed E-state index contributed by atoms with van der Waals surface area (Å²) in [5.74, 6) is 0.0764. The number of para-hydroxylation sites is 1. The average Bonchev–Trinajstić information content (AvgIpc) is 3.38. The third kappa shape index (κ3) is 3.00. The van der Waals surface area contributed by atoms with Crippen LogP contribution in [0.3, 0.4) is 0 Å². The lowest BCUT2D eigenvalue weighted by atomic mass is 10.1. The highest BCUT2D eigenvalue weighted by molar-refractivity contribution is 6.05.